The topological polar surface area (TPSA) is 29.5 Å². The minimum absolute atomic E-state index is 0.296. The SMILES string of the molecule is CC(C)(C)OC(=O)N(CCCCl)Cc1ccc2ccccc2c1. The molecule has 2 rings (SSSR count). The number of ether oxygens (including phenoxy) is 1. The molecule has 0 fully saturated rings. The lowest BCUT2D eigenvalue weighted by atomic mass is 10.1. The molecular formula is C19H24ClNO2. The van der Waals surface area contributed by atoms with Gasteiger partial charge in [0, 0.05) is 19.0 Å². The van der Waals surface area contributed by atoms with Crippen molar-refractivity contribution in [2.75, 3.05) is 12.4 Å². The molecule has 2 aromatic carbocycles. The highest BCUT2D eigenvalue weighted by Gasteiger charge is 2.22. The van der Waals surface area contributed by atoms with E-state index in [1.54, 1.807) is 4.90 Å². The number of nitrogens with zero attached hydrogens (tertiary/aromatic N) is 1. The Balaban J connectivity index is 2.16. The van der Waals surface area contributed by atoms with Crippen LogP contribution in [0.1, 0.15) is 32.8 Å². The molecule has 0 aliphatic heterocycles. The van der Waals surface area contributed by atoms with Crippen molar-refractivity contribution in [1.82, 2.24) is 4.90 Å². The highest BCUT2D eigenvalue weighted by atomic mass is 35.5. The van der Waals surface area contributed by atoms with E-state index >= 15 is 0 Å². The summed E-state index contributed by atoms with van der Waals surface area (Å²) < 4.78 is 5.50. The summed E-state index contributed by atoms with van der Waals surface area (Å²) in [7, 11) is 0. The van der Waals surface area contributed by atoms with Gasteiger partial charge in [-0.05, 0) is 49.6 Å². The van der Waals surface area contributed by atoms with Crippen LogP contribution in [0.5, 0.6) is 0 Å². The summed E-state index contributed by atoms with van der Waals surface area (Å²) in [5.41, 5.74) is 0.587. The van der Waals surface area contributed by atoms with E-state index < -0.39 is 5.60 Å². The first-order valence-corrected chi connectivity index (χ1v) is 8.44. The van der Waals surface area contributed by atoms with Crippen LogP contribution in [-0.2, 0) is 11.3 Å². The molecule has 0 N–H and O–H groups in total. The maximum atomic E-state index is 12.4. The summed E-state index contributed by atoms with van der Waals surface area (Å²) in [6.07, 6.45) is 0.449. The molecule has 2 aromatic rings. The molecule has 124 valence electrons. The van der Waals surface area contributed by atoms with Crippen LogP contribution in [0, 0.1) is 0 Å². The number of benzene rings is 2. The Morgan fingerprint density at radius 2 is 1.83 bits per heavy atom. The molecule has 23 heavy (non-hydrogen) atoms. The number of carbonyl (C=O) groups is 1. The summed E-state index contributed by atoms with van der Waals surface area (Å²) in [4.78, 5) is 14.1. The molecule has 1 amide bonds. The quantitative estimate of drug-likeness (QED) is 0.703. The summed E-state index contributed by atoms with van der Waals surface area (Å²) in [6, 6.07) is 14.5. The summed E-state index contributed by atoms with van der Waals surface area (Å²) in [5.74, 6) is 0.525. The van der Waals surface area contributed by atoms with E-state index in [1.807, 2.05) is 32.9 Å². The average molecular weight is 334 g/mol. The van der Waals surface area contributed by atoms with E-state index in [0.717, 1.165) is 12.0 Å². The molecule has 4 heteroatoms. The number of fused-ring (bicyclic) bond motifs is 1. The van der Waals surface area contributed by atoms with Crippen LogP contribution >= 0.6 is 11.6 Å². The first-order chi connectivity index (χ1) is 10.9. The van der Waals surface area contributed by atoms with Gasteiger partial charge in [-0.2, -0.15) is 0 Å². The van der Waals surface area contributed by atoms with Gasteiger partial charge in [-0.15, -0.1) is 11.6 Å². The van der Waals surface area contributed by atoms with Crippen LogP contribution in [0.15, 0.2) is 42.5 Å². The van der Waals surface area contributed by atoms with Crippen molar-refractivity contribution < 1.29 is 9.53 Å². The van der Waals surface area contributed by atoms with Crippen molar-refractivity contribution in [3.8, 4) is 0 Å². The predicted octanol–water partition coefficient (Wildman–Crippen LogP) is 5.21. The average Bonchev–Trinajstić information content (AvgIpc) is 2.49. The highest BCUT2D eigenvalue weighted by molar-refractivity contribution is 6.17. The molecule has 0 unspecified atom stereocenters. The molecule has 0 radical (unpaired) electrons. The van der Waals surface area contributed by atoms with Crippen molar-refractivity contribution in [2.45, 2.75) is 39.3 Å². The fourth-order valence-electron chi connectivity index (χ4n) is 2.37. The van der Waals surface area contributed by atoms with Gasteiger partial charge in [-0.1, -0.05) is 36.4 Å². The Kier molecular flexibility index (Phi) is 5.89. The predicted molar refractivity (Wildman–Crippen MR) is 95.9 cm³/mol. The standard InChI is InChI=1S/C19H24ClNO2/c1-19(2,3)23-18(22)21(12-6-11-20)14-15-9-10-16-7-4-5-8-17(16)13-15/h4-5,7-10,13H,6,11-12,14H2,1-3H3. The maximum Gasteiger partial charge on any atom is 0.410 e. The number of carbonyl (C=O) groups excluding carboxylic acids is 1. The lowest BCUT2D eigenvalue weighted by Crippen LogP contribution is -2.37. The number of halogens is 1. The summed E-state index contributed by atoms with van der Waals surface area (Å²) in [5, 5.41) is 2.37. The van der Waals surface area contributed by atoms with Gasteiger partial charge in [0.2, 0.25) is 0 Å². The van der Waals surface area contributed by atoms with Gasteiger partial charge in [0.1, 0.15) is 5.60 Å². The Hall–Kier alpha value is -1.74. The Bertz CT molecular complexity index is 664. The molecule has 0 aromatic heterocycles. The van der Waals surface area contributed by atoms with Crippen molar-refractivity contribution in [3.63, 3.8) is 0 Å². The minimum atomic E-state index is -0.500. The number of amides is 1. The van der Waals surface area contributed by atoms with Crippen molar-refractivity contribution >= 4 is 28.5 Å². The van der Waals surface area contributed by atoms with E-state index in [9.17, 15) is 4.79 Å². The zero-order valence-electron chi connectivity index (χ0n) is 14.0. The molecule has 3 nitrogen and oxygen atoms in total. The van der Waals surface area contributed by atoms with Gasteiger partial charge in [0.05, 0.1) is 0 Å². The second-order valence-electron chi connectivity index (χ2n) is 6.63. The van der Waals surface area contributed by atoms with E-state index in [1.165, 1.54) is 10.8 Å². The second-order valence-corrected chi connectivity index (χ2v) is 7.00. The third kappa shape index (κ3) is 5.43. The van der Waals surface area contributed by atoms with E-state index in [0.29, 0.717) is 19.0 Å². The normalized spacial score (nSPS) is 11.5. The van der Waals surface area contributed by atoms with Gasteiger partial charge in [-0.25, -0.2) is 4.79 Å². The minimum Gasteiger partial charge on any atom is -0.444 e. The molecule has 0 saturated carbocycles. The second kappa shape index (κ2) is 7.69. The van der Waals surface area contributed by atoms with Gasteiger partial charge >= 0.3 is 6.09 Å². The van der Waals surface area contributed by atoms with Gasteiger partial charge < -0.3 is 9.64 Å². The van der Waals surface area contributed by atoms with Gasteiger partial charge in [-0.3, -0.25) is 0 Å². The van der Waals surface area contributed by atoms with Crippen LogP contribution in [0.2, 0.25) is 0 Å². The van der Waals surface area contributed by atoms with Crippen LogP contribution in [0.3, 0.4) is 0 Å². The smallest absolute Gasteiger partial charge is 0.410 e. The van der Waals surface area contributed by atoms with Crippen LogP contribution in [-0.4, -0.2) is 29.0 Å². The first-order valence-electron chi connectivity index (χ1n) is 7.90. The Morgan fingerprint density at radius 1 is 1.13 bits per heavy atom. The third-order valence-electron chi connectivity index (χ3n) is 3.40. The van der Waals surface area contributed by atoms with Crippen molar-refractivity contribution in [2.24, 2.45) is 0 Å². The van der Waals surface area contributed by atoms with Crippen LogP contribution in [0.4, 0.5) is 4.79 Å². The fraction of sp³-hybridized carbons (Fsp3) is 0.421. The summed E-state index contributed by atoms with van der Waals surface area (Å²) >= 11 is 5.79. The van der Waals surface area contributed by atoms with Gasteiger partial charge in [0.15, 0.2) is 0 Å². The van der Waals surface area contributed by atoms with Crippen LogP contribution in [0.25, 0.3) is 10.8 Å². The molecule has 0 saturated heterocycles. The molecule has 0 atom stereocenters. The highest BCUT2D eigenvalue weighted by Crippen LogP contribution is 2.18. The molecule has 0 bridgehead atoms. The zero-order valence-corrected chi connectivity index (χ0v) is 14.8. The lowest BCUT2D eigenvalue weighted by molar-refractivity contribution is 0.0234. The zero-order chi connectivity index (χ0) is 16.9. The van der Waals surface area contributed by atoms with E-state index in [2.05, 4.69) is 30.3 Å². The molecular weight excluding hydrogens is 310 g/mol. The number of alkyl halides is 1. The lowest BCUT2D eigenvalue weighted by Gasteiger charge is -2.27. The number of hydrogen-bond donors (Lipinski definition) is 0. The first kappa shape index (κ1) is 17.6. The van der Waals surface area contributed by atoms with Crippen molar-refractivity contribution in [1.29, 1.82) is 0 Å². The molecule has 0 spiro atoms. The molecule has 0 aliphatic rings. The number of rotatable bonds is 5. The Morgan fingerprint density at radius 3 is 2.48 bits per heavy atom. The molecule has 0 aliphatic carbocycles. The fourth-order valence-corrected chi connectivity index (χ4v) is 2.49. The van der Waals surface area contributed by atoms with E-state index in [-0.39, 0.29) is 6.09 Å². The van der Waals surface area contributed by atoms with Gasteiger partial charge in [0.25, 0.3) is 0 Å². The van der Waals surface area contributed by atoms with E-state index in [4.69, 9.17) is 16.3 Å². The van der Waals surface area contributed by atoms with Crippen molar-refractivity contribution in [3.05, 3.63) is 48.0 Å². The maximum absolute atomic E-state index is 12.4. The Labute approximate surface area is 143 Å². The number of hydrogen-bond acceptors (Lipinski definition) is 2. The summed E-state index contributed by atoms with van der Waals surface area (Å²) in [6.45, 7) is 6.74. The molecule has 0 heterocycles. The monoisotopic (exact) mass is 333 g/mol. The van der Waals surface area contributed by atoms with Crippen LogP contribution < -0.4 is 0 Å². The third-order valence-corrected chi connectivity index (χ3v) is 3.67. The largest absolute Gasteiger partial charge is 0.444 e.